The lowest BCUT2D eigenvalue weighted by Gasteiger charge is -2.19. The van der Waals surface area contributed by atoms with Crippen molar-refractivity contribution in [2.24, 2.45) is 35.3 Å². The standard InChI is InChI=1S/C15H24N2O.ClH/c16-13-6-5-9-7-17(8-12(9)13)15(18)14-10-3-1-2-4-11(10)14;/h9-14H,1-8,16H2;1H. The van der Waals surface area contributed by atoms with Crippen molar-refractivity contribution in [3.05, 3.63) is 0 Å². The van der Waals surface area contributed by atoms with Crippen LogP contribution in [0.3, 0.4) is 0 Å². The van der Waals surface area contributed by atoms with Gasteiger partial charge < -0.3 is 10.6 Å². The van der Waals surface area contributed by atoms with Crippen LogP contribution in [-0.4, -0.2) is 29.9 Å². The predicted octanol–water partition coefficient (Wildman–Crippen LogP) is 2.04. The van der Waals surface area contributed by atoms with E-state index in [0.717, 1.165) is 24.9 Å². The molecule has 5 atom stereocenters. The largest absolute Gasteiger partial charge is 0.342 e. The van der Waals surface area contributed by atoms with Crippen LogP contribution in [0.4, 0.5) is 0 Å². The van der Waals surface area contributed by atoms with Gasteiger partial charge in [-0.05, 0) is 49.4 Å². The van der Waals surface area contributed by atoms with E-state index in [0.29, 0.717) is 29.7 Å². The fraction of sp³-hybridized carbons (Fsp3) is 0.933. The van der Waals surface area contributed by atoms with Gasteiger partial charge in [0.15, 0.2) is 0 Å². The normalized spacial score (nSPS) is 47.3. The highest BCUT2D eigenvalue weighted by atomic mass is 35.5. The van der Waals surface area contributed by atoms with Gasteiger partial charge in [-0.25, -0.2) is 0 Å². The zero-order chi connectivity index (χ0) is 12.3. The monoisotopic (exact) mass is 284 g/mol. The topological polar surface area (TPSA) is 46.3 Å². The van der Waals surface area contributed by atoms with E-state index in [1.165, 1.54) is 38.5 Å². The highest BCUT2D eigenvalue weighted by Crippen LogP contribution is 2.56. The number of hydrogen-bond acceptors (Lipinski definition) is 2. The van der Waals surface area contributed by atoms with Crippen molar-refractivity contribution < 1.29 is 4.79 Å². The molecule has 3 nitrogen and oxygen atoms in total. The molecule has 4 aliphatic rings. The van der Waals surface area contributed by atoms with Crippen molar-refractivity contribution in [3.8, 4) is 0 Å². The highest BCUT2D eigenvalue weighted by Gasteiger charge is 2.57. The summed E-state index contributed by atoms with van der Waals surface area (Å²) >= 11 is 0. The van der Waals surface area contributed by atoms with Crippen LogP contribution in [0.2, 0.25) is 0 Å². The minimum atomic E-state index is 0. The SMILES string of the molecule is Cl.NC1CCC2CN(C(=O)C3C4CCCCC43)CC12. The molecule has 4 fully saturated rings. The summed E-state index contributed by atoms with van der Waals surface area (Å²) in [5, 5.41) is 0. The van der Waals surface area contributed by atoms with Crippen molar-refractivity contribution in [1.82, 2.24) is 4.90 Å². The Morgan fingerprint density at radius 2 is 1.63 bits per heavy atom. The van der Waals surface area contributed by atoms with Crippen LogP contribution in [0, 0.1) is 29.6 Å². The average Bonchev–Trinajstić information content (AvgIpc) is 2.78. The summed E-state index contributed by atoms with van der Waals surface area (Å²) in [4.78, 5) is 14.8. The number of fused-ring (bicyclic) bond motifs is 2. The molecule has 3 aliphatic carbocycles. The predicted molar refractivity (Wildman–Crippen MR) is 77.0 cm³/mol. The first-order chi connectivity index (χ1) is 8.75. The second kappa shape index (κ2) is 4.92. The van der Waals surface area contributed by atoms with Gasteiger partial charge in [0.25, 0.3) is 0 Å². The molecule has 1 amide bonds. The van der Waals surface area contributed by atoms with E-state index in [4.69, 9.17) is 5.73 Å². The van der Waals surface area contributed by atoms with E-state index in [1.807, 2.05) is 0 Å². The Labute approximate surface area is 121 Å². The molecule has 3 saturated carbocycles. The Bertz CT molecular complexity index is 363. The van der Waals surface area contributed by atoms with Gasteiger partial charge >= 0.3 is 0 Å². The molecule has 0 aromatic heterocycles. The number of carbonyl (C=O) groups excluding carboxylic acids is 1. The molecule has 2 N–H and O–H groups in total. The lowest BCUT2D eigenvalue weighted by atomic mass is 9.98. The summed E-state index contributed by atoms with van der Waals surface area (Å²) in [6, 6.07) is 0.356. The van der Waals surface area contributed by atoms with Crippen molar-refractivity contribution in [2.75, 3.05) is 13.1 Å². The van der Waals surface area contributed by atoms with Crippen LogP contribution in [0.25, 0.3) is 0 Å². The Morgan fingerprint density at radius 1 is 0.947 bits per heavy atom. The maximum atomic E-state index is 12.6. The van der Waals surface area contributed by atoms with Gasteiger partial charge in [-0.1, -0.05) is 12.8 Å². The molecule has 1 saturated heterocycles. The molecule has 1 aliphatic heterocycles. The minimum absolute atomic E-state index is 0. The Hall–Kier alpha value is -0.280. The van der Waals surface area contributed by atoms with Crippen LogP contribution < -0.4 is 5.73 Å². The van der Waals surface area contributed by atoms with Crippen LogP contribution in [0.1, 0.15) is 38.5 Å². The molecule has 1 heterocycles. The van der Waals surface area contributed by atoms with Gasteiger partial charge in [0.05, 0.1) is 0 Å². The first kappa shape index (κ1) is 13.7. The third kappa shape index (κ3) is 2.09. The summed E-state index contributed by atoms with van der Waals surface area (Å²) in [6.45, 7) is 1.97. The van der Waals surface area contributed by atoms with Crippen LogP contribution >= 0.6 is 12.4 Å². The summed E-state index contributed by atoms with van der Waals surface area (Å²) in [5.41, 5.74) is 6.15. The van der Waals surface area contributed by atoms with Gasteiger partial charge in [0.2, 0.25) is 5.91 Å². The smallest absolute Gasteiger partial charge is 0.226 e. The molecule has 4 heteroatoms. The Kier molecular flexibility index (Phi) is 3.55. The number of rotatable bonds is 1. The number of nitrogens with two attached hydrogens (primary N) is 1. The molecule has 0 spiro atoms. The molecule has 19 heavy (non-hydrogen) atoms. The zero-order valence-electron chi connectivity index (χ0n) is 11.5. The van der Waals surface area contributed by atoms with E-state index >= 15 is 0 Å². The number of amides is 1. The minimum Gasteiger partial charge on any atom is -0.342 e. The van der Waals surface area contributed by atoms with E-state index in [2.05, 4.69) is 4.90 Å². The highest BCUT2D eigenvalue weighted by molar-refractivity contribution is 5.85. The molecule has 0 radical (unpaired) electrons. The summed E-state index contributed by atoms with van der Waals surface area (Å²) in [7, 11) is 0. The van der Waals surface area contributed by atoms with Gasteiger partial charge in [0.1, 0.15) is 0 Å². The van der Waals surface area contributed by atoms with Crippen LogP contribution in [0.5, 0.6) is 0 Å². The van der Waals surface area contributed by atoms with E-state index in [-0.39, 0.29) is 12.4 Å². The summed E-state index contributed by atoms with van der Waals surface area (Å²) in [6.07, 6.45) is 7.73. The first-order valence-corrected chi connectivity index (χ1v) is 7.80. The molecular weight excluding hydrogens is 260 g/mol. The van der Waals surface area contributed by atoms with E-state index < -0.39 is 0 Å². The molecule has 0 aromatic rings. The molecular formula is C15H25ClN2O. The molecule has 0 aromatic carbocycles. The molecule has 0 bridgehead atoms. The van der Waals surface area contributed by atoms with Crippen molar-refractivity contribution in [1.29, 1.82) is 0 Å². The Morgan fingerprint density at radius 3 is 2.26 bits per heavy atom. The van der Waals surface area contributed by atoms with Crippen molar-refractivity contribution in [2.45, 2.75) is 44.6 Å². The van der Waals surface area contributed by atoms with Crippen LogP contribution in [-0.2, 0) is 4.79 Å². The lowest BCUT2D eigenvalue weighted by Crippen LogP contribution is -2.34. The van der Waals surface area contributed by atoms with Gasteiger partial charge in [0, 0.05) is 25.0 Å². The van der Waals surface area contributed by atoms with Gasteiger partial charge in [-0.15, -0.1) is 12.4 Å². The van der Waals surface area contributed by atoms with E-state index in [1.54, 1.807) is 0 Å². The number of hydrogen-bond donors (Lipinski definition) is 1. The zero-order valence-corrected chi connectivity index (χ0v) is 12.3. The fourth-order valence-electron chi connectivity index (χ4n) is 5.06. The summed E-state index contributed by atoms with van der Waals surface area (Å²) < 4.78 is 0. The quantitative estimate of drug-likeness (QED) is 0.801. The lowest BCUT2D eigenvalue weighted by molar-refractivity contribution is -0.132. The van der Waals surface area contributed by atoms with Crippen molar-refractivity contribution >= 4 is 18.3 Å². The van der Waals surface area contributed by atoms with Crippen molar-refractivity contribution in [3.63, 3.8) is 0 Å². The number of carbonyl (C=O) groups is 1. The average molecular weight is 285 g/mol. The maximum Gasteiger partial charge on any atom is 0.226 e. The molecule has 4 rings (SSSR count). The van der Waals surface area contributed by atoms with Gasteiger partial charge in [-0.2, -0.15) is 0 Å². The fourth-order valence-corrected chi connectivity index (χ4v) is 5.06. The van der Waals surface area contributed by atoms with E-state index in [9.17, 15) is 4.79 Å². The Balaban J connectivity index is 0.00000110. The number of likely N-dealkylation sites (tertiary alicyclic amines) is 1. The van der Waals surface area contributed by atoms with Gasteiger partial charge in [-0.3, -0.25) is 4.79 Å². The second-order valence-corrected chi connectivity index (χ2v) is 7.05. The third-order valence-electron chi connectivity index (χ3n) is 6.17. The summed E-state index contributed by atoms with van der Waals surface area (Å²) in [5.74, 6) is 3.70. The number of halogens is 1. The number of nitrogens with zero attached hydrogens (tertiary/aromatic N) is 1. The first-order valence-electron chi connectivity index (χ1n) is 7.80. The maximum absolute atomic E-state index is 12.6. The molecule has 5 unspecified atom stereocenters. The van der Waals surface area contributed by atoms with Crippen LogP contribution in [0.15, 0.2) is 0 Å². The molecule has 108 valence electrons. The second-order valence-electron chi connectivity index (χ2n) is 7.05. The third-order valence-corrected chi connectivity index (χ3v) is 6.17.